The molecule has 0 fully saturated rings. The van der Waals surface area contributed by atoms with Crippen LogP contribution >= 0.6 is 12.6 Å². The lowest BCUT2D eigenvalue weighted by Crippen LogP contribution is -1.94. The van der Waals surface area contributed by atoms with Gasteiger partial charge in [-0.3, -0.25) is 10.1 Å². The molecule has 0 radical (unpaired) electrons. The van der Waals surface area contributed by atoms with Gasteiger partial charge in [0.25, 0.3) is 0 Å². The van der Waals surface area contributed by atoms with Crippen molar-refractivity contribution < 1.29 is 14.1 Å². The zero-order valence-corrected chi connectivity index (χ0v) is 7.55. The molecule has 0 amide bonds. The second-order valence-corrected chi connectivity index (χ2v) is 2.71. The summed E-state index contributed by atoms with van der Waals surface area (Å²) < 4.78 is 17.6. The van der Waals surface area contributed by atoms with Gasteiger partial charge in [-0.1, -0.05) is 0 Å². The van der Waals surface area contributed by atoms with Crippen molar-refractivity contribution >= 4 is 18.3 Å². The van der Waals surface area contributed by atoms with Crippen LogP contribution in [0.2, 0.25) is 0 Å². The van der Waals surface area contributed by atoms with Crippen LogP contribution < -0.4 is 4.74 Å². The molecular weight excluding hydrogens is 197 g/mol. The smallest absolute Gasteiger partial charge is 0.308 e. The first kappa shape index (κ1) is 9.79. The van der Waals surface area contributed by atoms with Crippen LogP contribution in [0.3, 0.4) is 0 Å². The minimum atomic E-state index is -0.921. The summed E-state index contributed by atoms with van der Waals surface area (Å²) in [6.45, 7) is 0. The van der Waals surface area contributed by atoms with Gasteiger partial charge in [0.05, 0.1) is 18.1 Å². The molecule has 0 spiro atoms. The van der Waals surface area contributed by atoms with Gasteiger partial charge in [-0.05, 0) is 6.07 Å². The lowest BCUT2D eigenvalue weighted by Gasteiger charge is -2.03. The van der Waals surface area contributed by atoms with Crippen LogP contribution in [0, 0.1) is 15.9 Å². The molecular formula is C7H6FNO3S. The maximum Gasteiger partial charge on any atom is 0.308 e. The summed E-state index contributed by atoms with van der Waals surface area (Å²) in [5.41, 5.74) is -0.616. The summed E-state index contributed by atoms with van der Waals surface area (Å²) in [4.78, 5) is 9.70. The second kappa shape index (κ2) is 3.61. The molecule has 1 aromatic carbocycles. The molecule has 1 rings (SSSR count). The van der Waals surface area contributed by atoms with Crippen LogP contribution in [0.25, 0.3) is 0 Å². The highest BCUT2D eigenvalue weighted by Crippen LogP contribution is 2.29. The number of nitrogens with zero attached hydrogens (tertiary/aromatic N) is 1. The number of hydrogen-bond acceptors (Lipinski definition) is 4. The van der Waals surface area contributed by atoms with Gasteiger partial charge in [0.2, 0.25) is 5.82 Å². The highest BCUT2D eigenvalue weighted by atomic mass is 32.1. The number of rotatable bonds is 2. The predicted molar refractivity (Wildman–Crippen MR) is 46.9 cm³/mol. The van der Waals surface area contributed by atoms with E-state index >= 15 is 0 Å². The Labute approximate surface area is 78.9 Å². The largest absolute Gasteiger partial charge is 0.495 e. The number of nitro groups is 1. The Morgan fingerprint density at radius 3 is 2.69 bits per heavy atom. The van der Waals surface area contributed by atoms with Crippen LogP contribution in [-0.2, 0) is 0 Å². The molecule has 0 aliphatic rings. The van der Waals surface area contributed by atoms with Crippen LogP contribution in [0.4, 0.5) is 10.1 Å². The molecule has 4 nitrogen and oxygen atoms in total. The van der Waals surface area contributed by atoms with E-state index in [0.29, 0.717) is 0 Å². The Bertz CT molecular complexity index is 356. The molecule has 0 saturated carbocycles. The molecule has 0 unspecified atom stereocenters. The van der Waals surface area contributed by atoms with E-state index in [1.807, 2.05) is 0 Å². The quantitative estimate of drug-likeness (QED) is 0.454. The Kier molecular flexibility index (Phi) is 2.72. The minimum Gasteiger partial charge on any atom is -0.495 e. The van der Waals surface area contributed by atoms with E-state index in [9.17, 15) is 14.5 Å². The average molecular weight is 203 g/mol. The predicted octanol–water partition coefficient (Wildman–Crippen LogP) is 2.03. The van der Waals surface area contributed by atoms with Gasteiger partial charge < -0.3 is 4.74 Å². The summed E-state index contributed by atoms with van der Waals surface area (Å²) in [5.74, 6) is -0.743. The first-order chi connectivity index (χ1) is 6.06. The van der Waals surface area contributed by atoms with Crippen molar-refractivity contribution in [2.24, 2.45) is 0 Å². The second-order valence-electron chi connectivity index (χ2n) is 2.23. The summed E-state index contributed by atoms with van der Waals surface area (Å²) in [5, 5.41) is 10.3. The summed E-state index contributed by atoms with van der Waals surface area (Å²) in [7, 11) is 1.33. The normalized spacial score (nSPS) is 9.77. The zero-order valence-electron chi connectivity index (χ0n) is 6.65. The van der Waals surface area contributed by atoms with E-state index < -0.39 is 16.4 Å². The highest BCUT2D eigenvalue weighted by molar-refractivity contribution is 7.80. The Balaban J connectivity index is 3.30. The zero-order chi connectivity index (χ0) is 10.0. The van der Waals surface area contributed by atoms with Crippen molar-refractivity contribution in [3.8, 4) is 5.75 Å². The van der Waals surface area contributed by atoms with E-state index in [0.717, 1.165) is 12.1 Å². The molecule has 0 atom stereocenters. The van der Waals surface area contributed by atoms with Crippen molar-refractivity contribution in [3.05, 3.63) is 28.1 Å². The van der Waals surface area contributed by atoms with Crippen LogP contribution in [0.1, 0.15) is 0 Å². The van der Waals surface area contributed by atoms with Crippen molar-refractivity contribution in [2.75, 3.05) is 7.11 Å². The minimum absolute atomic E-state index is 0.177. The third kappa shape index (κ3) is 1.89. The van der Waals surface area contributed by atoms with Crippen molar-refractivity contribution in [3.63, 3.8) is 0 Å². The molecule has 0 aliphatic carbocycles. The van der Waals surface area contributed by atoms with Gasteiger partial charge in [0, 0.05) is 4.90 Å². The maximum atomic E-state index is 12.9. The van der Waals surface area contributed by atoms with Gasteiger partial charge in [0.15, 0.2) is 0 Å². The lowest BCUT2D eigenvalue weighted by molar-refractivity contribution is -0.387. The number of halogens is 1. The van der Waals surface area contributed by atoms with E-state index in [2.05, 4.69) is 12.6 Å². The highest BCUT2D eigenvalue weighted by Gasteiger charge is 2.17. The van der Waals surface area contributed by atoms with Crippen LogP contribution in [0.5, 0.6) is 5.75 Å². The Morgan fingerprint density at radius 2 is 2.23 bits per heavy atom. The Morgan fingerprint density at radius 1 is 1.62 bits per heavy atom. The first-order valence-corrected chi connectivity index (χ1v) is 3.72. The fourth-order valence-electron chi connectivity index (χ4n) is 0.836. The third-order valence-corrected chi connectivity index (χ3v) is 1.79. The average Bonchev–Trinajstić information content (AvgIpc) is 2.03. The molecule has 6 heteroatoms. The number of ether oxygens (including phenoxy) is 1. The fraction of sp³-hybridized carbons (Fsp3) is 0.143. The molecule has 70 valence electrons. The van der Waals surface area contributed by atoms with E-state index in [-0.39, 0.29) is 10.6 Å². The first-order valence-electron chi connectivity index (χ1n) is 3.27. The molecule has 13 heavy (non-hydrogen) atoms. The van der Waals surface area contributed by atoms with Crippen LogP contribution in [-0.4, -0.2) is 12.0 Å². The number of nitro benzene ring substituents is 1. The maximum absolute atomic E-state index is 12.9. The number of hydrogen-bond donors (Lipinski definition) is 1. The monoisotopic (exact) mass is 203 g/mol. The Hall–Kier alpha value is -1.30. The van der Waals surface area contributed by atoms with Gasteiger partial charge >= 0.3 is 5.69 Å². The van der Waals surface area contributed by atoms with Gasteiger partial charge in [-0.25, -0.2) is 0 Å². The van der Waals surface area contributed by atoms with Gasteiger partial charge in [-0.15, -0.1) is 12.6 Å². The van der Waals surface area contributed by atoms with E-state index in [1.54, 1.807) is 0 Å². The topological polar surface area (TPSA) is 52.4 Å². The number of benzene rings is 1. The molecule has 0 bridgehead atoms. The SMILES string of the molecule is COc1cc([N+](=O)[O-])c(F)cc1S. The molecule has 0 heterocycles. The van der Waals surface area contributed by atoms with Crippen molar-refractivity contribution in [1.82, 2.24) is 0 Å². The third-order valence-electron chi connectivity index (χ3n) is 1.45. The summed E-state index contributed by atoms with van der Waals surface area (Å²) in [6, 6.07) is 1.94. The fourth-order valence-corrected chi connectivity index (χ4v) is 1.10. The number of methoxy groups -OCH3 is 1. The molecule has 0 N–H and O–H groups in total. The van der Waals surface area contributed by atoms with Gasteiger partial charge in [-0.2, -0.15) is 4.39 Å². The van der Waals surface area contributed by atoms with Crippen LogP contribution in [0.15, 0.2) is 17.0 Å². The summed E-state index contributed by atoms with van der Waals surface area (Å²) >= 11 is 3.88. The van der Waals surface area contributed by atoms with E-state index in [1.165, 1.54) is 7.11 Å². The van der Waals surface area contributed by atoms with Crippen molar-refractivity contribution in [2.45, 2.75) is 4.90 Å². The molecule has 0 aromatic heterocycles. The standard InChI is InChI=1S/C7H6FNO3S/c1-12-6-3-5(9(10)11)4(8)2-7(6)13/h2-3,13H,1H3. The van der Waals surface area contributed by atoms with Gasteiger partial charge in [0.1, 0.15) is 5.75 Å². The van der Waals surface area contributed by atoms with E-state index in [4.69, 9.17) is 4.74 Å². The molecule has 1 aromatic rings. The van der Waals surface area contributed by atoms with Crippen molar-refractivity contribution in [1.29, 1.82) is 0 Å². The summed E-state index contributed by atoms with van der Waals surface area (Å²) in [6.07, 6.45) is 0. The molecule has 0 saturated heterocycles. The lowest BCUT2D eigenvalue weighted by atomic mass is 10.3. The number of thiol groups is 1. The molecule has 0 aliphatic heterocycles.